The Bertz CT molecular complexity index is 638. The van der Waals surface area contributed by atoms with E-state index < -0.39 is 23.9 Å². The molecule has 0 saturated heterocycles. The van der Waals surface area contributed by atoms with E-state index in [0.717, 1.165) is 48.5 Å². The zero-order valence-corrected chi connectivity index (χ0v) is 18.5. The zero-order chi connectivity index (χ0) is 18.3. The van der Waals surface area contributed by atoms with Crippen molar-refractivity contribution in [3.05, 3.63) is 70.8 Å². The van der Waals surface area contributed by atoms with Crippen molar-refractivity contribution in [2.75, 3.05) is 0 Å². The van der Waals surface area contributed by atoms with E-state index in [0.29, 0.717) is 0 Å². The molecule has 10 heteroatoms. The first kappa shape index (κ1) is 26.4. The van der Waals surface area contributed by atoms with E-state index in [-0.39, 0.29) is 79.5 Å². The fourth-order valence-electron chi connectivity index (χ4n) is 1.48. The van der Waals surface area contributed by atoms with Crippen molar-refractivity contribution >= 4 is 61.6 Å². The van der Waals surface area contributed by atoms with Crippen LogP contribution >= 0.6 is 0 Å². The molecule has 8 nitrogen and oxygen atoms in total. The Morgan fingerprint density at radius 3 is 0.654 bits per heavy atom. The van der Waals surface area contributed by atoms with E-state index in [9.17, 15) is 39.6 Å². The number of carboxylic acid groups (broad SMARTS) is 4. The Hall–Kier alpha value is -1.80. The van der Waals surface area contributed by atoms with Crippen molar-refractivity contribution in [3.8, 4) is 0 Å². The number of carboxylic acids is 4. The largest absolute Gasteiger partial charge is 2.00 e. The van der Waals surface area contributed by atoms with Crippen molar-refractivity contribution in [3.63, 3.8) is 0 Å². The molecule has 0 bridgehead atoms. The van der Waals surface area contributed by atoms with Gasteiger partial charge in [0.1, 0.15) is 0 Å². The molecule has 0 amide bonds. The number of aromatic carboxylic acids is 4. The van der Waals surface area contributed by atoms with Crippen LogP contribution in [0.4, 0.5) is 0 Å². The van der Waals surface area contributed by atoms with Gasteiger partial charge in [0.05, 0.1) is 23.9 Å². The van der Waals surface area contributed by atoms with Crippen molar-refractivity contribution < 1.29 is 59.1 Å². The molecule has 0 spiro atoms. The van der Waals surface area contributed by atoms with Gasteiger partial charge in [-0.2, -0.15) is 0 Å². The van der Waals surface area contributed by atoms with Crippen LogP contribution in [0.2, 0.25) is 0 Å². The smallest absolute Gasteiger partial charge is 0.545 e. The van der Waals surface area contributed by atoms with E-state index in [1.165, 1.54) is 0 Å². The standard InChI is InChI=1S/2C8H6O4.Ca.Zn/c2*9-7(10)5-1-2-6(4-3-5)8(11)12;;/h2*1-4H,(H,9,10)(H,11,12);;/q;;2*+2/p-4. The second-order valence-electron chi connectivity index (χ2n) is 4.30. The van der Waals surface area contributed by atoms with Gasteiger partial charge in [0.2, 0.25) is 0 Å². The van der Waals surface area contributed by atoms with Crippen molar-refractivity contribution in [1.82, 2.24) is 0 Å². The van der Waals surface area contributed by atoms with Crippen LogP contribution in [-0.2, 0) is 19.5 Å². The molecule has 2 rings (SSSR count). The summed E-state index contributed by atoms with van der Waals surface area (Å²) in [7, 11) is 0. The van der Waals surface area contributed by atoms with Crippen LogP contribution in [0.3, 0.4) is 0 Å². The molecule has 0 aliphatic heterocycles. The fourth-order valence-corrected chi connectivity index (χ4v) is 1.48. The van der Waals surface area contributed by atoms with Crippen LogP contribution < -0.4 is 20.4 Å². The molecule has 2 aromatic carbocycles. The Labute approximate surface area is 190 Å². The monoisotopic (exact) mass is 432 g/mol. The maximum atomic E-state index is 10.2. The Balaban J connectivity index is 0. The number of hydrogen-bond acceptors (Lipinski definition) is 8. The topological polar surface area (TPSA) is 161 Å². The first-order valence-electron chi connectivity index (χ1n) is 6.28. The third kappa shape index (κ3) is 8.53. The summed E-state index contributed by atoms with van der Waals surface area (Å²) >= 11 is 0. The molecule has 124 valence electrons. The molecular formula is C16H8CaO8Zn. The summed E-state index contributed by atoms with van der Waals surface area (Å²) in [4.78, 5) is 40.8. The molecule has 0 aliphatic rings. The van der Waals surface area contributed by atoms with E-state index >= 15 is 0 Å². The first-order chi connectivity index (χ1) is 11.2. The number of carbonyl (C=O) groups is 4. The van der Waals surface area contributed by atoms with Gasteiger partial charge in [-0.25, -0.2) is 0 Å². The average Bonchev–Trinajstić information content (AvgIpc) is 2.55. The van der Waals surface area contributed by atoms with Crippen LogP contribution in [0, 0.1) is 0 Å². The molecule has 0 atom stereocenters. The van der Waals surface area contributed by atoms with E-state index in [1.807, 2.05) is 0 Å². The van der Waals surface area contributed by atoms with E-state index in [1.54, 1.807) is 0 Å². The molecule has 0 N–H and O–H groups in total. The quantitative estimate of drug-likeness (QED) is 0.448. The zero-order valence-electron chi connectivity index (χ0n) is 13.3. The molecule has 2 aromatic rings. The minimum absolute atomic E-state index is 0. The number of carbonyl (C=O) groups excluding carboxylic acids is 4. The fraction of sp³-hybridized carbons (Fsp3) is 0. The summed E-state index contributed by atoms with van der Waals surface area (Å²) in [5, 5.41) is 40.8. The summed E-state index contributed by atoms with van der Waals surface area (Å²) in [5.41, 5.74) is -0.222. The number of benzene rings is 2. The van der Waals surface area contributed by atoms with Gasteiger partial charge >= 0.3 is 57.2 Å². The van der Waals surface area contributed by atoms with Crippen LogP contribution in [0.1, 0.15) is 41.4 Å². The third-order valence-corrected chi connectivity index (χ3v) is 2.71. The maximum absolute atomic E-state index is 10.2. The molecule has 0 aliphatic carbocycles. The Kier molecular flexibility index (Phi) is 12.7. The number of rotatable bonds is 4. The summed E-state index contributed by atoms with van der Waals surface area (Å²) in [6.45, 7) is 0. The second kappa shape index (κ2) is 12.5. The normalized spacial score (nSPS) is 8.62. The predicted molar refractivity (Wildman–Crippen MR) is 76.0 cm³/mol. The van der Waals surface area contributed by atoms with Crippen LogP contribution in [0.5, 0.6) is 0 Å². The molecule has 0 saturated carbocycles. The molecule has 0 unspecified atom stereocenters. The van der Waals surface area contributed by atoms with E-state index in [4.69, 9.17) is 0 Å². The van der Waals surface area contributed by atoms with Gasteiger partial charge in [-0.15, -0.1) is 0 Å². The molecule has 0 radical (unpaired) electrons. The summed E-state index contributed by atoms with van der Waals surface area (Å²) in [6.07, 6.45) is 0. The predicted octanol–water partition coefficient (Wildman–Crippen LogP) is -3.56. The molecule has 0 heterocycles. The van der Waals surface area contributed by atoms with Crippen molar-refractivity contribution in [2.24, 2.45) is 0 Å². The summed E-state index contributed by atoms with van der Waals surface area (Å²) in [6, 6.07) is 9.23. The molecular weight excluding hydrogens is 426 g/mol. The second-order valence-corrected chi connectivity index (χ2v) is 4.30. The third-order valence-electron chi connectivity index (χ3n) is 2.71. The SMILES string of the molecule is O=C([O-])c1ccc(C(=O)[O-])cc1.O=C([O-])c1ccc(C(=O)[O-])cc1.[Ca+2].[Zn+2]. The van der Waals surface area contributed by atoms with Crippen molar-refractivity contribution in [1.29, 1.82) is 0 Å². The van der Waals surface area contributed by atoms with Crippen LogP contribution in [0.25, 0.3) is 0 Å². The molecule has 0 aromatic heterocycles. The minimum atomic E-state index is -1.33. The Morgan fingerprint density at radius 2 is 0.577 bits per heavy atom. The molecule has 26 heavy (non-hydrogen) atoms. The maximum Gasteiger partial charge on any atom is 2.00 e. The first-order valence-corrected chi connectivity index (χ1v) is 6.28. The van der Waals surface area contributed by atoms with Gasteiger partial charge in [-0.3, -0.25) is 0 Å². The van der Waals surface area contributed by atoms with Crippen LogP contribution in [-0.4, -0.2) is 61.6 Å². The van der Waals surface area contributed by atoms with Gasteiger partial charge < -0.3 is 39.6 Å². The summed E-state index contributed by atoms with van der Waals surface area (Å²) in [5.74, 6) is -5.33. The Morgan fingerprint density at radius 1 is 0.462 bits per heavy atom. The van der Waals surface area contributed by atoms with Crippen molar-refractivity contribution in [2.45, 2.75) is 0 Å². The van der Waals surface area contributed by atoms with Gasteiger partial charge in [0.25, 0.3) is 0 Å². The average molecular weight is 434 g/mol. The van der Waals surface area contributed by atoms with Gasteiger partial charge in [0, 0.05) is 0 Å². The van der Waals surface area contributed by atoms with Gasteiger partial charge in [-0.05, 0) is 22.3 Å². The minimum Gasteiger partial charge on any atom is -0.545 e. The van der Waals surface area contributed by atoms with Gasteiger partial charge in [0.15, 0.2) is 0 Å². The van der Waals surface area contributed by atoms with Crippen LogP contribution in [0.15, 0.2) is 48.5 Å². The van der Waals surface area contributed by atoms with Gasteiger partial charge in [-0.1, -0.05) is 48.5 Å². The van der Waals surface area contributed by atoms with E-state index in [2.05, 4.69) is 0 Å². The summed E-state index contributed by atoms with van der Waals surface area (Å²) < 4.78 is 0. The molecule has 0 fully saturated rings. The number of hydrogen-bond donors (Lipinski definition) is 0.